The van der Waals surface area contributed by atoms with Crippen LogP contribution in [0.5, 0.6) is 0 Å². The summed E-state index contributed by atoms with van der Waals surface area (Å²) in [5.41, 5.74) is 0. The lowest BCUT2D eigenvalue weighted by Crippen LogP contribution is -2.40. The Morgan fingerprint density at radius 2 is 1.82 bits per heavy atom. The average molecular weight is 243 g/mol. The van der Waals surface area contributed by atoms with E-state index >= 15 is 0 Å². The fourth-order valence-corrected chi connectivity index (χ4v) is 1.61. The van der Waals surface area contributed by atoms with Gasteiger partial charge in [0.05, 0.1) is 7.11 Å². The van der Waals surface area contributed by atoms with Crippen molar-refractivity contribution in [3.8, 4) is 0 Å². The van der Waals surface area contributed by atoms with Gasteiger partial charge in [0.2, 0.25) is 5.91 Å². The number of rotatable bonds is 8. The lowest BCUT2D eigenvalue weighted by molar-refractivity contribution is -0.148. The first-order valence-electron chi connectivity index (χ1n) is 6.39. The van der Waals surface area contributed by atoms with E-state index < -0.39 is 0 Å². The molecule has 4 nitrogen and oxygen atoms in total. The summed E-state index contributed by atoms with van der Waals surface area (Å²) in [4.78, 5) is 24.7. The number of carbonyl (C=O) groups is 2. The molecule has 0 saturated carbocycles. The number of hydrogen-bond acceptors (Lipinski definition) is 3. The Balaban J connectivity index is 4.11. The van der Waals surface area contributed by atoms with E-state index in [1.807, 2.05) is 13.8 Å². The van der Waals surface area contributed by atoms with Crippen molar-refractivity contribution in [2.75, 3.05) is 13.7 Å². The van der Waals surface area contributed by atoms with Gasteiger partial charge in [0, 0.05) is 12.5 Å². The van der Waals surface area contributed by atoms with E-state index in [1.54, 1.807) is 4.90 Å². The summed E-state index contributed by atoms with van der Waals surface area (Å²) in [7, 11) is 1.34. The predicted octanol–water partition coefficient (Wildman–Crippen LogP) is 2.37. The monoisotopic (exact) mass is 243 g/mol. The molecule has 0 bridgehead atoms. The second-order valence-corrected chi connectivity index (χ2v) is 4.50. The number of carbonyl (C=O) groups excluding carboxylic acids is 2. The van der Waals surface area contributed by atoms with Crippen LogP contribution in [-0.4, -0.2) is 36.5 Å². The number of ether oxygens (including phenoxy) is 1. The predicted molar refractivity (Wildman–Crippen MR) is 67.6 cm³/mol. The van der Waals surface area contributed by atoms with E-state index in [9.17, 15) is 9.59 Å². The molecule has 0 aromatic carbocycles. The van der Waals surface area contributed by atoms with Crippen LogP contribution in [0.25, 0.3) is 0 Å². The Labute approximate surface area is 104 Å². The molecule has 0 aliphatic rings. The lowest BCUT2D eigenvalue weighted by atomic mass is 10.1. The minimum Gasteiger partial charge on any atom is -0.468 e. The summed E-state index contributed by atoms with van der Waals surface area (Å²) in [6, 6.07) is 0.0350. The van der Waals surface area contributed by atoms with Crippen LogP contribution in [0.4, 0.5) is 0 Å². The average Bonchev–Trinajstić information content (AvgIpc) is 2.30. The number of amides is 1. The maximum Gasteiger partial charge on any atom is 0.325 e. The second kappa shape index (κ2) is 9.02. The first kappa shape index (κ1) is 15.9. The van der Waals surface area contributed by atoms with Gasteiger partial charge < -0.3 is 9.64 Å². The maximum absolute atomic E-state index is 11.9. The van der Waals surface area contributed by atoms with E-state index in [0.29, 0.717) is 6.42 Å². The zero-order chi connectivity index (χ0) is 13.3. The van der Waals surface area contributed by atoms with Gasteiger partial charge >= 0.3 is 5.97 Å². The molecule has 0 aromatic heterocycles. The molecule has 100 valence electrons. The van der Waals surface area contributed by atoms with Gasteiger partial charge in [0.15, 0.2) is 0 Å². The van der Waals surface area contributed by atoms with Crippen LogP contribution in [-0.2, 0) is 14.3 Å². The highest BCUT2D eigenvalue weighted by Gasteiger charge is 2.19. The van der Waals surface area contributed by atoms with Crippen molar-refractivity contribution in [2.24, 2.45) is 0 Å². The molecule has 0 atom stereocenters. The molecule has 0 N–H and O–H groups in total. The van der Waals surface area contributed by atoms with Gasteiger partial charge in [0.1, 0.15) is 6.54 Å². The quantitative estimate of drug-likeness (QED) is 0.485. The molecular weight excluding hydrogens is 218 g/mol. The van der Waals surface area contributed by atoms with Gasteiger partial charge in [0.25, 0.3) is 0 Å². The van der Waals surface area contributed by atoms with Gasteiger partial charge in [-0.1, -0.05) is 26.2 Å². The van der Waals surface area contributed by atoms with Crippen molar-refractivity contribution in [1.29, 1.82) is 0 Å². The van der Waals surface area contributed by atoms with Crippen LogP contribution in [0.2, 0.25) is 0 Å². The smallest absolute Gasteiger partial charge is 0.325 e. The number of nitrogens with zero attached hydrogens (tertiary/aromatic N) is 1. The largest absolute Gasteiger partial charge is 0.468 e. The minimum atomic E-state index is -0.361. The maximum atomic E-state index is 11.9. The third kappa shape index (κ3) is 6.97. The number of esters is 1. The number of methoxy groups -OCH3 is 1. The van der Waals surface area contributed by atoms with Gasteiger partial charge in [-0.25, -0.2) is 0 Å². The Bertz CT molecular complexity index is 239. The highest BCUT2D eigenvalue weighted by Crippen LogP contribution is 2.08. The van der Waals surface area contributed by atoms with Gasteiger partial charge in [-0.15, -0.1) is 0 Å². The Kier molecular flexibility index (Phi) is 8.46. The summed E-state index contributed by atoms with van der Waals surface area (Å²) in [6.07, 6.45) is 4.81. The van der Waals surface area contributed by atoms with Gasteiger partial charge in [-0.05, 0) is 20.3 Å². The van der Waals surface area contributed by atoms with Gasteiger partial charge in [-0.2, -0.15) is 0 Å². The fourth-order valence-electron chi connectivity index (χ4n) is 1.61. The van der Waals surface area contributed by atoms with E-state index in [4.69, 9.17) is 0 Å². The lowest BCUT2D eigenvalue weighted by Gasteiger charge is -2.25. The van der Waals surface area contributed by atoms with E-state index in [-0.39, 0.29) is 24.5 Å². The van der Waals surface area contributed by atoms with Crippen LogP contribution < -0.4 is 0 Å². The molecule has 17 heavy (non-hydrogen) atoms. The summed E-state index contributed by atoms with van der Waals surface area (Å²) < 4.78 is 4.59. The highest BCUT2D eigenvalue weighted by atomic mass is 16.5. The van der Waals surface area contributed by atoms with E-state index in [1.165, 1.54) is 7.11 Å². The number of unbranched alkanes of at least 4 members (excludes halogenated alkanes) is 3. The molecular formula is C13H25NO3. The second-order valence-electron chi connectivity index (χ2n) is 4.50. The molecule has 1 amide bonds. The highest BCUT2D eigenvalue weighted by molar-refractivity contribution is 5.82. The minimum absolute atomic E-state index is 0.0350. The van der Waals surface area contributed by atoms with Crippen molar-refractivity contribution in [2.45, 2.75) is 58.9 Å². The summed E-state index contributed by atoms with van der Waals surface area (Å²) >= 11 is 0. The molecule has 0 fully saturated rings. The Hall–Kier alpha value is -1.06. The first-order chi connectivity index (χ1) is 8.02. The van der Waals surface area contributed by atoms with Crippen molar-refractivity contribution in [1.82, 2.24) is 4.90 Å². The zero-order valence-electron chi connectivity index (χ0n) is 11.5. The standard InChI is InChI=1S/C13H25NO3/c1-5-6-7-8-9-12(15)14(11(2)3)10-13(16)17-4/h11H,5-10H2,1-4H3. The molecule has 0 rings (SSSR count). The zero-order valence-corrected chi connectivity index (χ0v) is 11.5. The summed E-state index contributed by atoms with van der Waals surface area (Å²) in [5.74, 6) is -0.317. The van der Waals surface area contributed by atoms with Crippen molar-refractivity contribution in [3.05, 3.63) is 0 Å². The molecule has 0 unspecified atom stereocenters. The molecule has 4 heteroatoms. The van der Waals surface area contributed by atoms with Crippen molar-refractivity contribution < 1.29 is 14.3 Å². The molecule has 0 spiro atoms. The molecule has 0 aliphatic carbocycles. The SMILES string of the molecule is CCCCCCC(=O)N(CC(=O)OC)C(C)C. The van der Waals surface area contributed by atoms with Crippen LogP contribution >= 0.6 is 0 Å². The molecule has 0 aliphatic heterocycles. The van der Waals surface area contributed by atoms with Crippen molar-refractivity contribution in [3.63, 3.8) is 0 Å². The normalized spacial score (nSPS) is 10.4. The molecule has 0 heterocycles. The topological polar surface area (TPSA) is 46.6 Å². The van der Waals surface area contributed by atoms with Crippen LogP contribution in [0.15, 0.2) is 0 Å². The van der Waals surface area contributed by atoms with Crippen LogP contribution in [0.1, 0.15) is 52.9 Å². The third-order valence-corrected chi connectivity index (χ3v) is 2.72. The van der Waals surface area contributed by atoms with Crippen molar-refractivity contribution >= 4 is 11.9 Å². The van der Waals surface area contributed by atoms with Crippen LogP contribution in [0, 0.1) is 0 Å². The number of hydrogen-bond donors (Lipinski definition) is 0. The Morgan fingerprint density at radius 3 is 2.29 bits per heavy atom. The Morgan fingerprint density at radius 1 is 1.18 bits per heavy atom. The fraction of sp³-hybridized carbons (Fsp3) is 0.846. The molecule has 0 aromatic rings. The van der Waals surface area contributed by atoms with E-state index in [2.05, 4.69) is 11.7 Å². The molecule has 0 radical (unpaired) electrons. The first-order valence-corrected chi connectivity index (χ1v) is 6.39. The molecule has 0 saturated heterocycles. The van der Waals surface area contributed by atoms with E-state index in [0.717, 1.165) is 25.7 Å². The summed E-state index contributed by atoms with van der Waals surface area (Å²) in [5, 5.41) is 0. The summed E-state index contributed by atoms with van der Waals surface area (Å²) in [6.45, 7) is 6.01. The van der Waals surface area contributed by atoms with Crippen LogP contribution in [0.3, 0.4) is 0 Å². The van der Waals surface area contributed by atoms with Gasteiger partial charge in [-0.3, -0.25) is 9.59 Å². The third-order valence-electron chi connectivity index (χ3n) is 2.72.